The first kappa shape index (κ1) is 5.05. The molecule has 0 aromatic carbocycles. The molecule has 0 amide bonds. The number of hydrogen-bond acceptors (Lipinski definition) is 2. The van der Waals surface area contributed by atoms with Crippen LogP contribution >= 0.6 is 0 Å². The van der Waals surface area contributed by atoms with Gasteiger partial charge in [0.15, 0.2) is 0 Å². The van der Waals surface area contributed by atoms with Gasteiger partial charge in [-0.25, -0.2) is 13.1 Å². The molecule has 1 aliphatic heterocycles. The molecular formula is C3H7NO2S. The average molecular weight is 121 g/mol. The summed E-state index contributed by atoms with van der Waals surface area (Å²) in [4.78, 5) is 0. The molecule has 42 valence electrons. The van der Waals surface area contributed by atoms with Crippen LogP contribution in [0.3, 0.4) is 0 Å². The first-order valence-electron chi connectivity index (χ1n) is 2.10. The van der Waals surface area contributed by atoms with Crippen LogP contribution in [0, 0.1) is 0 Å². The summed E-state index contributed by atoms with van der Waals surface area (Å²) in [5.41, 5.74) is 0. The summed E-state index contributed by atoms with van der Waals surface area (Å²) in [6.07, 6.45) is 0. The normalized spacial score (nSPS) is 37.0. The average Bonchev–Trinajstić information content (AvgIpc) is 1.27. The van der Waals surface area contributed by atoms with Crippen LogP contribution in [0.25, 0.3) is 0 Å². The van der Waals surface area contributed by atoms with E-state index in [4.69, 9.17) is 0 Å². The van der Waals surface area contributed by atoms with Crippen molar-refractivity contribution in [2.24, 2.45) is 0 Å². The van der Waals surface area contributed by atoms with Gasteiger partial charge in [0.1, 0.15) is 0 Å². The van der Waals surface area contributed by atoms with E-state index in [0.717, 1.165) is 0 Å². The molecule has 0 bridgehead atoms. The number of hydrogen-bond donors (Lipinski definition) is 1. The van der Waals surface area contributed by atoms with Crippen LogP contribution in [-0.4, -0.2) is 20.2 Å². The minimum absolute atomic E-state index is 0.171. The Bertz CT molecular complexity index is 148. The Morgan fingerprint density at radius 2 is 2.14 bits per heavy atom. The van der Waals surface area contributed by atoms with Crippen molar-refractivity contribution in [3.8, 4) is 0 Å². The SMILES string of the molecule is CC1CS(=O)(=O)N1. The molecule has 1 saturated heterocycles. The first-order valence-corrected chi connectivity index (χ1v) is 3.75. The van der Waals surface area contributed by atoms with Gasteiger partial charge in [-0.2, -0.15) is 0 Å². The van der Waals surface area contributed by atoms with Crippen LogP contribution < -0.4 is 4.72 Å². The van der Waals surface area contributed by atoms with Gasteiger partial charge in [-0.1, -0.05) is 0 Å². The van der Waals surface area contributed by atoms with Gasteiger partial charge in [-0.15, -0.1) is 0 Å². The summed E-state index contributed by atoms with van der Waals surface area (Å²) in [7, 11) is -2.78. The van der Waals surface area contributed by atoms with E-state index in [2.05, 4.69) is 4.72 Å². The molecule has 3 nitrogen and oxygen atoms in total. The molecule has 0 aromatic heterocycles. The lowest BCUT2D eigenvalue weighted by atomic mass is 10.4. The second-order valence-corrected chi connectivity index (χ2v) is 3.60. The number of nitrogens with one attached hydrogen (secondary N) is 1. The second-order valence-electron chi connectivity index (χ2n) is 1.80. The third kappa shape index (κ3) is 0.920. The zero-order valence-electron chi connectivity index (χ0n) is 4.01. The van der Waals surface area contributed by atoms with Gasteiger partial charge in [0.2, 0.25) is 10.0 Å². The van der Waals surface area contributed by atoms with E-state index >= 15 is 0 Å². The number of sulfonamides is 1. The van der Waals surface area contributed by atoms with Crippen LogP contribution in [-0.2, 0) is 10.0 Å². The van der Waals surface area contributed by atoms with Crippen molar-refractivity contribution in [1.29, 1.82) is 0 Å². The molecule has 0 spiro atoms. The molecule has 1 rings (SSSR count). The van der Waals surface area contributed by atoms with E-state index in [1.807, 2.05) is 6.92 Å². The van der Waals surface area contributed by atoms with Crippen LogP contribution in [0.15, 0.2) is 0 Å². The lowest BCUT2D eigenvalue weighted by Gasteiger charge is -2.22. The monoisotopic (exact) mass is 121 g/mol. The fraction of sp³-hybridized carbons (Fsp3) is 1.00. The van der Waals surface area contributed by atoms with Gasteiger partial charge in [-0.05, 0) is 6.92 Å². The summed E-state index contributed by atoms with van der Waals surface area (Å²) in [6, 6.07) is 0.171. The Labute approximate surface area is 42.8 Å². The standard InChI is InChI=1S/C3H7NO2S/c1-3-2-7(5,6)4-3/h3-4H,2H2,1H3. The van der Waals surface area contributed by atoms with E-state index < -0.39 is 10.0 Å². The summed E-state index contributed by atoms with van der Waals surface area (Å²) in [5.74, 6) is 0.299. The van der Waals surface area contributed by atoms with Gasteiger partial charge < -0.3 is 0 Å². The summed E-state index contributed by atoms with van der Waals surface area (Å²) in [6.45, 7) is 1.83. The predicted molar refractivity (Wildman–Crippen MR) is 26.4 cm³/mol. The van der Waals surface area contributed by atoms with Crippen molar-refractivity contribution in [2.45, 2.75) is 13.0 Å². The molecule has 1 aliphatic rings. The van der Waals surface area contributed by atoms with Crippen molar-refractivity contribution >= 4 is 10.0 Å². The van der Waals surface area contributed by atoms with Crippen LogP contribution in [0.1, 0.15) is 6.92 Å². The first-order chi connectivity index (χ1) is 3.10. The molecular weight excluding hydrogens is 114 g/mol. The van der Waals surface area contributed by atoms with Gasteiger partial charge in [-0.3, -0.25) is 0 Å². The predicted octanol–water partition coefficient (Wildman–Crippen LogP) is -0.692. The quantitative estimate of drug-likeness (QED) is 0.461. The smallest absolute Gasteiger partial charge is 0.212 e. The largest absolute Gasteiger partial charge is 0.213 e. The zero-order chi connectivity index (χ0) is 5.49. The van der Waals surface area contributed by atoms with Crippen molar-refractivity contribution in [3.63, 3.8) is 0 Å². The van der Waals surface area contributed by atoms with E-state index in [0.29, 0.717) is 5.75 Å². The van der Waals surface area contributed by atoms with Gasteiger partial charge in [0.05, 0.1) is 5.75 Å². The van der Waals surface area contributed by atoms with Gasteiger partial charge in [0, 0.05) is 6.04 Å². The summed E-state index contributed by atoms with van der Waals surface area (Å²) in [5, 5.41) is 0. The molecule has 4 heteroatoms. The maximum atomic E-state index is 10.2. The molecule has 7 heavy (non-hydrogen) atoms. The lowest BCUT2D eigenvalue weighted by Crippen LogP contribution is -2.50. The highest BCUT2D eigenvalue weighted by atomic mass is 32.2. The minimum Gasteiger partial charge on any atom is -0.212 e. The molecule has 0 radical (unpaired) electrons. The third-order valence-electron chi connectivity index (χ3n) is 0.850. The molecule has 0 saturated carbocycles. The fourth-order valence-electron chi connectivity index (χ4n) is 0.618. The fourth-order valence-corrected chi connectivity index (χ4v) is 1.86. The van der Waals surface area contributed by atoms with Crippen LogP contribution in [0.2, 0.25) is 0 Å². The van der Waals surface area contributed by atoms with Crippen LogP contribution in [0.5, 0.6) is 0 Å². The Kier molecular flexibility index (Phi) is 0.864. The van der Waals surface area contributed by atoms with Gasteiger partial charge in [0.25, 0.3) is 0 Å². The van der Waals surface area contributed by atoms with Crippen molar-refractivity contribution in [2.75, 3.05) is 5.75 Å². The molecule has 1 N–H and O–H groups in total. The second kappa shape index (κ2) is 1.20. The Morgan fingerprint density at radius 3 is 2.14 bits per heavy atom. The van der Waals surface area contributed by atoms with E-state index in [-0.39, 0.29) is 6.04 Å². The Hall–Kier alpha value is -0.0900. The maximum Gasteiger partial charge on any atom is 0.213 e. The topological polar surface area (TPSA) is 46.2 Å². The van der Waals surface area contributed by atoms with E-state index in [1.54, 1.807) is 0 Å². The molecule has 1 heterocycles. The van der Waals surface area contributed by atoms with E-state index in [9.17, 15) is 8.42 Å². The maximum absolute atomic E-state index is 10.2. The van der Waals surface area contributed by atoms with Gasteiger partial charge >= 0.3 is 0 Å². The molecule has 0 aliphatic carbocycles. The summed E-state index contributed by atoms with van der Waals surface area (Å²) >= 11 is 0. The Balaban J connectivity index is 2.61. The van der Waals surface area contributed by atoms with Crippen molar-refractivity contribution in [1.82, 2.24) is 4.72 Å². The lowest BCUT2D eigenvalue weighted by molar-refractivity contribution is 0.531. The molecule has 1 fully saturated rings. The van der Waals surface area contributed by atoms with Crippen molar-refractivity contribution < 1.29 is 8.42 Å². The minimum atomic E-state index is -2.78. The Morgan fingerprint density at radius 1 is 1.71 bits per heavy atom. The molecule has 1 atom stereocenters. The number of rotatable bonds is 0. The highest BCUT2D eigenvalue weighted by Crippen LogP contribution is 2.02. The van der Waals surface area contributed by atoms with Crippen LogP contribution in [0.4, 0.5) is 0 Å². The highest BCUT2D eigenvalue weighted by Gasteiger charge is 2.27. The van der Waals surface area contributed by atoms with Crippen molar-refractivity contribution in [3.05, 3.63) is 0 Å². The molecule has 0 aromatic rings. The highest BCUT2D eigenvalue weighted by molar-refractivity contribution is 7.90. The van der Waals surface area contributed by atoms with E-state index in [1.165, 1.54) is 0 Å². The third-order valence-corrected chi connectivity index (χ3v) is 2.55. The molecule has 1 unspecified atom stereocenters. The zero-order valence-corrected chi connectivity index (χ0v) is 4.83. The summed E-state index contributed by atoms with van der Waals surface area (Å²) < 4.78 is 22.7.